The SMILES string of the molecule is CC1(CNc2nc3ccc(C(=O)O)cc3o2)CC1. The van der Waals surface area contributed by atoms with Crippen LogP contribution in [0.3, 0.4) is 0 Å². The first-order valence-electron chi connectivity index (χ1n) is 5.94. The zero-order valence-electron chi connectivity index (χ0n) is 10.1. The Balaban J connectivity index is 1.83. The molecule has 0 spiro atoms. The number of anilines is 1. The quantitative estimate of drug-likeness (QED) is 0.867. The molecular weight excluding hydrogens is 232 g/mol. The Kier molecular flexibility index (Phi) is 2.29. The molecule has 1 heterocycles. The van der Waals surface area contributed by atoms with Crippen molar-refractivity contribution in [2.45, 2.75) is 19.8 Å². The topological polar surface area (TPSA) is 75.4 Å². The molecule has 2 N–H and O–H groups in total. The van der Waals surface area contributed by atoms with Crippen LogP contribution < -0.4 is 5.32 Å². The molecule has 0 bridgehead atoms. The number of nitrogens with zero attached hydrogens (tertiary/aromatic N) is 1. The van der Waals surface area contributed by atoms with Crippen LogP contribution in [0.1, 0.15) is 30.1 Å². The molecule has 94 valence electrons. The molecule has 1 saturated carbocycles. The number of hydrogen-bond acceptors (Lipinski definition) is 4. The number of fused-ring (bicyclic) bond motifs is 1. The standard InChI is InChI=1S/C13H14N2O3/c1-13(4-5-13)7-14-12-15-9-3-2-8(11(16)17)6-10(9)18-12/h2-3,6H,4-5,7H2,1H3,(H,14,15)(H,16,17). The first kappa shape index (κ1) is 11.1. The molecule has 1 aromatic carbocycles. The summed E-state index contributed by atoms with van der Waals surface area (Å²) < 4.78 is 5.50. The molecule has 3 rings (SSSR count). The number of aromatic carboxylic acids is 1. The van der Waals surface area contributed by atoms with Crippen molar-refractivity contribution in [1.29, 1.82) is 0 Å². The van der Waals surface area contributed by atoms with Gasteiger partial charge in [-0.2, -0.15) is 4.98 Å². The van der Waals surface area contributed by atoms with Crippen LogP contribution >= 0.6 is 0 Å². The highest BCUT2D eigenvalue weighted by Crippen LogP contribution is 2.44. The molecule has 5 nitrogen and oxygen atoms in total. The van der Waals surface area contributed by atoms with Gasteiger partial charge in [-0.3, -0.25) is 0 Å². The van der Waals surface area contributed by atoms with E-state index in [0.29, 0.717) is 22.5 Å². The average Bonchev–Trinajstić information content (AvgIpc) is 2.92. The maximum absolute atomic E-state index is 10.8. The van der Waals surface area contributed by atoms with Crippen molar-refractivity contribution in [1.82, 2.24) is 4.98 Å². The largest absolute Gasteiger partial charge is 0.478 e. The summed E-state index contributed by atoms with van der Waals surface area (Å²) in [7, 11) is 0. The van der Waals surface area contributed by atoms with Gasteiger partial charge in [0.2, 0.25) is 0 Å². The van der Waals surface area contributed by atoms with Crippen LogP contribution in [0.5, 0.6) is 0 Å². The number of benzene rings is 1. The summed E-state index contributed by atoms with van der Waals surface area (Å²) in [6.45, 7) is 3.05. The third-order valence-electron chi connectivity index (χ3n) is 3.41. The van der Waals surface area contributed by atoms with Gasteiger partial charge >= 0.3 is 5.97 Å². The summed E-state index contributed by atoms with van der Waals surface area (Å²) in [4.78, 5) is 15.1. The van der Waals surface area contributed by atoms with Gasteiger partial charge in [0.1, 0.15) is 5.52 Å². The monoisotopic (exact) mass is 246 g/mol. The lowest BCUT2D eigenvalue weighted by atomic mass is 10.1. The molecule has 0 unspecified atom stereocenters. The first-order valence-corrected chi connectivity index (χ1v) is 5.94. The van der Waals surface area contributed by atoms with E-state index < -0.39 is 5.97 Å². The van der Waals surface area contributed by atoms with Crippen LogP contribution in [0.15, 0.2) is 22.6 Å². The van der Waals surface area contributed by atoms with Crippen molar-refractivity contribution in [3.8, 4) is 0 Å². The Morgan fingerprint density at radius 2 is 2.33 bits per heavy atom. The molecule has 0 radical (unpaired) electrons. The normalized spacial score (nSPS) is 16.7. The highest BCUT2D eigenvalue weighted by molar-refractivity contribution is 5.92. The zero-order valence-corrected chi connectivity index (χ0v) is 10.1. The molecule has 18 heavy (non-hydrogen) atoms. The molecule has 1 aliphatic carbocycles. The lowest BCUT2D eigenvalue weighted by Gasteiger charge is -2.06. The van der Waals surface area contributed by atoms with Crippen LogP contribution in [0, 0.1) is 5.41 Å². The number of hydrogen-bond donors (Lipinski definition) is 2. The highest BCUT2D eigenvalue weighted by atomic mass is 16.4. The minimum Gasteiger partial charge on any atom is -0.478 e. The van der Waals surface area contributed by atoms with Gasteiger partial charge in [0.25, 0.3) is 6.01 Å². The number of nitrogens with one attached hydrogen (secondary N) is 1. The van der Waals surface area contributed by atoms with Crippen LogP contribution in [0.2, 0.25) is 0 Å². The van der Waals surface area contributed by atoms with E-state index in [4.69, 9.17) is 9.52 Å². The molecular formula is C13H14N2O3. The van der Waals surface area contributed by atoms with E-state index >= 15 is 0 Å². The van der Waals surface area contributed by atoms with E-state index in [-0.39, 0.29) is 5.56 Å². The van der Waals surface area contributed by atoms with Gasteiger partial charge in [-0.1, -0.05) is 6.92 Å². The van der Waals surface area contributed by atoms with E-state index in [1.165, 1.54) is 25.0 Å². The van der Waals surface area contributed by atoms with Crippen molar-refractivity contribution in [2.75, 3.05) is 11.9 Å². The van der Waals surface area contributed by atoms with E-state index in [1.54, 1.807) is 6.07 Å². The lowest BCUT2D eigenvalue weighted by Crippen LogP contribution is -2.11. The summed E-state index contributed by atoms with van der Waals surface area (Å²) in [6.07, 6.45) is 2.45. The molecule has 1 fully saturated rings. The number of carbonyl (C=O) groups is 1. The van der Waals surface area contributed by atoms with Crippen molar-refractivity contribution in [3.63, 3.8) is 0 Å². The molecule has 0 amide bonds. The van der Waals surface area contributed by atoms with E-state index in [1.807, 2.05) is 0 Å². The molecule has 5 heteroatoms. The number of aromatic nitrogens is 1. The first-order chi connectivity index (χ1) is 8.56. The fraction of sp³-hybridized carbons (Fsp3) is 0.385. The highest BCUT2D eigenvalue weighted by Gasteiger charge is 2.37. The minimum atomic E-state index is -0.965. The maximum atomic E-state index is 10.8. The second kappa shape index (κ2) is 3.73. The molecule has 1 aliphatic rings. The number of carboxylic acids is 1. The Bertz CT molecular complexity index is 614. The van der Waals surface area contributed by atoms with Gasteiger partial charge in [0, 0.05) is 6.54 Å². The molecule has 0 aliphatic heterocycles. The summed E-state index contributed by atoms with van der Waals surface area (Å²) in [6, 6.07) is 5.14. The number of oxazole rings is 1. The van der Waals surface area contributed by atoms with Gasteiger partial charge in [0.15, 0.2) is 5.58 Å². The van der Waals surface area contributed by atoms with Crippen molar-refractivity contribution >= 4 is 23.1 Å². The third kappa shape index (κ3) is 2.03. The van der Waals surface area contributed by atoms with Crippen molar-refractivity contribution < 1.29 is 14.3 Å². The van der Waals surface area contributed by atoms with Gasteiger partial charge in [-0.05, 0) is 36.5 Å². The fourth-order valence-electron chi connectivity index (χ4n) is 1.81. The Morgan fingerprint density at radius 3 is 3.00 bits per heavy atom. The van der Waals surface area contributed by atoms with Gasteiger partial charge in [-0.15, -0.1) is 0 Å². The van der Waals surface area contributed by atoms with Gasteiger partial charge < -0.3 is 14.8 Å². The Morgan fingerprint density at radius 1 is 1.56 bits per heavy atom. The van der Waals surface area contributed by atoms with E-state index in [0.717, 1.165) is 6.54 Å². The second-order valence-electron chi connectivity index (χ2n) is 5.17. The Hall–Kier alpha value is -2.04. The maximum Gasteiger partial charge on any atom is 0.335 e. The van der Waals surface area contributed by atoms with Crippen LogP contribution in [-0.4, -0.2) is 22.6 Å². The van der Waals surface area contributed by atoms with Crippen LogP contribution in [-0.2, 0) is 0 Å². The molecule has 2 aromatic rings. The molecule has 0 atom stereocenters. The lowest BCUT2D eigenvalue weighted by molar-refractivity contribution is 0.0697. The minimum absolute atomic E-state index is 0.208. The third-order valence-corrected chi connectivity index (χ3v) is 3.41. The van der Waals surface area contributed by atoms with Gasteiger partial charge in [0.05, 0.1) is 5.56 Å². The predicted molar refractivity (Wildman–Crippen MR) is 66.8 cm³/mol. The van der Waals surface area contributed by atoms with Crippen LogP contribution in [0.4, 0.5) is 6.01 Å². The number of carboxylic acid groups (broad SMARTS) is 1. The fourth-order valence-corrected chi connectivity index (χ4v) is 1.81. The van der Waals surface area contributed by atoms with Crippen molar-refractivity contribution in [2.24, 2.45) is 5.41 Å². The summed E-state index contributed by atoms with van der Waals surface area (Å²) in [5.74, 6) is -0.965. The van der Waals surface area contributed by atoms with Gasteiger partial charge in [-0.25, -0.2) is 4.79 Å². The van der Waals surface area contributed by atoms with E-state index in [2.05, 4.69) is 17.2 Å². The molecule has 0 saturated heterocycles. The Labute approximate surface area is 104 Å². The van der Waals surface area contributed by atoms with Crippen LogP contribution in [0.25, 0.3) is 11.1 Å². The summed E-state index contributed by atoms with van der Waals surface area (Å²) in [5, 5.41) is 12.1. The number of rotatable bonds is 4. The second-order valence-corrected chi connectivity index (χ2v) is 5.17. The van der Waals surface area contributed by atoms with Crippen molar-refractivity contribution in [3.05, 3.63) is 23.8 Å². The predicted octanol–water partition coefficient (Wildman–Crippen LogP) is 2.74. The molecule has 1 aromatic heterocycles. The average molecular weight is 246 g/mol. The van der Waals surface area contributed by atoms with E-state index in [9.17, 15) is 4.79 Å². The smallest absolute Gasteiger partial charge is 0.335 e. The zero-order chi connectivity index (χ0) is 12.8. The summed E-state index contributed by atoms with van der Waals surface area (Å²) >= 11 is 0. The summed E-state index contributed by atoms with van der Waals surface area (Å²) in [5.41, 5.74) is 1.74.